The lowest BCUT2D eigenvalue weighted by molar-refractivity contribution is 1.07. The average molecular weight is 600 g/mol. The van der Waals surface area contributed by atoms with E-state index in [2.05, 4.69) is 108 Å². The molecule has 0 aromatic carbocycles. The van der Waals surface area contributed by atoms with Crippen molar-refractivity contribution < 1.29 is 0 Å². The Morgan fingerprint density at radius 3 is 1.56 bits per heavy atom. The summed E-state index contributed by atoms with van der Waals surface area (Å²) in [5, 5.41) is 0. The van der Waals surface area contributed by atoms with Gasteiger partial charge in [0.05, 0.1) is 28.3 Å². The zero-order valence-corrected chi connectivity index (χ0v) is 28.9. The smallest absolute Gasteiger partial charge is 0.0907 e. The molecule has 0 saturated carbocycles. The SMILES string of the molecule is CCC1=C(C)c2cc3nc(c4[nH]c(cc5[nH]c(cc6[nH]c(cc1n2)c(CC)c6CC)c(CC)c5C)c(CC)c4C)C(C)=C3CC. The Kier molecular flexibility index (Phi) is 8.24. The van der Waals surface area contributed by atoms with Gasteiger partial charge in [-0.1, -0.05) is 41.5 Å². The minimum Gasteiger partial charge on any atom is -0.355 e. The first-order chi connectivity index (χ1) is 21.7. The van der Waals surface area contributed by atoms with Gasteiger partial charge in [-0.05, 0) is 146 Å². The highest BCUT2D eigenvalue weighted by Gasteiger charge is 2.22. The minimum atomic E-state index is 0.926. The van der Waals surface area contributed by atoms with E-state index < -0.39 is 0 Å². The van der Waals surface area contributed by atoms with Crippen LogP contribution < -0.4 is 0 Å². The molecule has 0 amide bonds. The summed E-state index contributed by atoms with van der Waals surface area (Å²) in [7, 11) is 0. The van der Waals surface area contributed by atoms with Gasteiger partial charge in [0.1, 0.15) is 0 Å². The molecular weight excluding hydrogens is 550 g/mol. The Labute approximate surface area is 268 Å². The van der Waals surface area contributed by atoms with Crippen LogP contribution in [0.15, 0.2) is 24.3 Å². The first kappa shape index (κ1) is 30.9. The number of H-pyrrole nitrogens is 3. The Balaban J connectivity index is 1.86. The largest absolute Gasteiger partial charge is 0.355 e. The van der Waals surface area contributed by atoms with E-state index in [4.69, 9.17) is 9.97 Å². The molecule has 5 heteroatoms. The zero-order valence-electron chi connectivity index (χ0n) is 28.9. The Hall–Kier alpha value is -4.12. The molecule has 10 bridgehead atoms. The van der Waals surface area contributed by atoms with Crippen molar-refractivity contribution in [3.8, 4) is 0 Å². The molecule has 0 fully saturated rings. The number of fused-ring (bicyclic) bond motifs is 11. The van der Waals surface area contributed by atoms with Crippen molar-refractivity contribution in [1.82, 2.24) is 24.9 Å². The van der Waals surface area contributed by atoms with Gasteiger partial charge in [-0.15, -0.1) is 0 Å². The Bertz CT molecular complexity index is 2110. The second kappa shape index (κ2) is 12.0. The molecule has 45 heavy (non-hydrogen) atoms. The van der Waals surface area contributed by atoms with Crippen molar-refractivity contribution in [1.29, 1.82) is 0 Å². The molecule has 0 aliphatic carbocycles. The van der Waals surface area contributed by atoms with Gasteiger partial charge in [-0.2, -0.15) is 0 Å². The molecule has 2 aliphatic heterocycles. The molecule has 0 radical (unpaired) electrons. The van der Waals surface area contributed by atoms with Gasteiger partial charge >= 0.3 is 0 Å². The third kappa shape index (κ3) is 4.92. The van der Waals surface area contributed by atoms with Crippen molar-refractivity contribution in [3.63, 3.8) is 0 Å². The normalized spacial score (nSPS) is 13.5. The summed E-state index contributed by atoms with van der Waals surface area (Å²) in [6.07, 6.45) is 5.72. The van der Waals surface area contributed by atoms with Gasteiger partial charge in [0.2, 0.25) is 0 Å². The number of rotatable bonds is 6. The molecule has 3 N–H and O–H groups in total. The van der Waals surface area contributed by atoms with Crippen molar-refractivity contribution in [2.75, 3.05) is 0 Å². The van der Waals surface area contributed by atoms with Gasteiger partial charge in [-0.25, -0.2) is 9.97 Å². The maximum Gasteiger partial charge on any atom is 0.0907 e. The quantitative estimate of drug-likeness (QED) is 0.206. The second-order valence-electron chi connectivity index (χ2n) is 12.6. The van der Waals surface area contributed by atoms with E-state index in [9.17, 15) is 0 Å². The van der Waals surface area contributed by atoms with E-state index in [0.717, 1.165) is 77.9 Å². The number of hydrogen-bond donors (Lipinski definition) is 3. The third-order valence-corrected chi connectivity index (χ3v) is 10.4. The Morgan fingerprint density at radius 2 is 0.933 bits per heavy atom. The van der Waals surface area contributed by atoms with Gasteiger partial charge in [0.25, 0.3) is 0 Å². The molecule has 4 aromatic heterocycles. The molecule has 0 unspecified atom stereocenters. The monoisotopic (exact) mass is 599 g/mol. The van der Waals surface area contributed by atoms with E-state index in [0.29, 0.717) is 0 Å². The summed E-state index contributed by atoms with van der Waals surface area (Å²) in [4.78, 5) is 22.1. The van der Waals surface area contributed by atoms with E-state index in [-0.39, 0.29) is 0 Å². The average Bonchev–Trinajstić information content (AvgIpc) is 3.77. The molecular formula is C40H49N5. The van der Waals surface area contributed by atoms with Gasteiger partial charge < -0.3 is 15.0 Å². The van der Waals surface area contributed by atoms with Crippen molar-refractivity contribution in [2.24, 2.45) is 0 Å². The van der Waals surface area contributed by atoms with Crippen LogP contribution in [0.5, 0.6) is 0 Å². The standard InChI is InChI=1S/C40H49N5/c1-11-25-21(7)31-17-35-27(13-3)23(9)39(44-35)40-24(10)28(14-4)36(45-40)18-32-22(8)26(12-2)34(42-32)20-38-30(16-6)29(15-5)37(43-38)19-33(25)41-31/h17-20,41,43-44H,11-16H2,1-10H3. The molecule has 6 heterocycles. The summed E-state index contributed by atoms with van der Waals surface area (Å²) in [5.41, 5.74) is 24.4. The van der Waals surface area contributed by atoms with Crippen LogP contribution in [0.1, 0.15) is 124 Å². The summed E-state index contributed by atoms with van der Waals surface area (Å²) in [6, 6.07) is 9.17. The fourth-order valence-electron chi connectivity index (χ4n) is 7.85. The Morgan fingerprint density at radius 1 is 0.444 bits per heavy atom. The van der Waals surface area contributed by atoms with Crippen LogP contribution in [0.4, 0.5) is 0 Å². The summed E-state index contributed by atoms with van der Waals surface area (Å²) >= 11 is 0. The number of allylic oxidation sites excluding steroid dienone is 4. The van der Waals surface area contributed by atoms with E-state index >= 15 is 0 Å². The number of hydrogen-bond acceptors (Lipinski definition) is 2. The number of aromatic nitrogens is 5. The van der Waals surface area contributed by atoms with E-state index in [1.807, 2.05) is 0 Å². The first-order valence-corrected chi connectivity index (χ1v) is 17.1. The van der Waals surface area contributed by atoms with Crippen LogP contribution in [0.3, 0.4) is 0 Å². The number of nitrogens with one attached hydrogen (secondary N) is 3. The van der Waals surface area contributed by atoms with Gasteiger partial charge in [-0.3, -0.25) is 0 Å². The van der Waals surface area contributed by atoms with Crippen LogP contribution in [0.25, 0.3) is 55.4 Å². The molecule has 0 saturated heterocycles. The molecule has 0 atom stereocenters. The third-order valence-electron chi connectivity index (χ3n) is 10.4. The van der Waals surface area contributed by atoms with Crippen LogP contribution >= 0.6 is 0 Å². The van der Waals surface area contributed by atoms with Crippen LogP contribution in [-0.2, 0) is 25.7 Å². The van der Waals surface area contributed by atoms with Crippen molar-refractivity contribution in [2.45, 2.75) is 108 Å². The van der Waals surface area contributed by atoms with Gasteiger partial charge in [0, 0.05) is 27.6 Å². The highest BCUT2D eigenvalue weighted by atomic mass is 14.8. The van der Waals surface area contributed by atoms with Crippen LogP contribution in [-0.4, -0.2) is 24.9 Å². The fourth-order valence-corrected chi connectivity index (χ4v) is 7.85. The highest BCUT2D eigenvalue weighted by Crippen LogP contribution is 2.38. The van der Waals surface area contributed by atoms with Crippen molar-refractivity contribution in [3.05, 3.63) is 80.4 Å². The first-order valence-electron chi connectivity index (χ1n) is 17.1. The second-order valence-corrected chi connectivity index (χ2v) is 12.6. The van der Waals surface area contributed by atoms with Crippen molar-refractivity contribution >= 4 is 55.4 Å². The number of nitrogens with zero attached hydrogens (tertiary/aromatic N) is 2. The lowest BCUT2D eigenvalue weighted by Crippen LogP contribution is -1.86. The molecule has 0 spiro atoms. The minimum absolute atomic E-state index is 0.926. The zero-order chi connectivity index (χ0) is 32.2. The summed E-state index contributed by atoms with van der Waals surface area (Å²) < 4.78 is 0. The predicted molar refractivity (Wildman–Crippen MR) is 194 cm³/mol. The number of aromatic amines is 3. The topological polar surface area (TPSA) is 73.2 Å². The summed E-state index contributed by atoms with van der Waals surface area (Å²) in [5.74, 6) is 0. The van der Waals surface area contributed by atoms with E-state index in [1.54, 1.807) is 0 Å². The maximum atomic E-state index is 5.32. The van der Waals surface area contributed by atoms with Gasteiger partial charge in [0.15, 0.2) is 0 Å². The molecule has 4 aromatic rings. The fraction of sp³-hybridized carbons (Fsp3) is 0.400. The number of aryl methyl sites for hydroxylation is 6. The van der Waals surface area contributed by atoms with E-state index in [1.165, 1.54) is 72.2 Å². The van der Waals surface area contributed by atoms with Crippen LogP contribution in [0, 0.1) is 13.8 Å². The molecule has 2 aliphatic rings. The highest BCUT2D eigenvalue weighted by molar-refractivity contribution is 5.98. The molecule has 6 rings (SSSR count). The lowest BCUT2D eigenvalue weighted by Gasteiger charge is -2.01. The predicted octanol–water partition coefficient (Wildman–Crippen LogP) is 10.9. The molecule has 5 nitrogen and oxygen atoms in total. The maximum absolute atomic E-state index is 5.32. The molecule has 234 valence electrons. The summed E-state index contributed by atoms with van der Waals surface area (Å²) in [6.45, 7) is 22.5. The lowest BCUT2D eigenvalue weighted by atomic mass is 10.0. The van der Waals surface area contributed by atoms with Crippen LogP contribution in [0.2, 0.25) is 0 Å².